The number of methoxy groups -OCH3 is 1. The zero-order valence-electron chi connectivity index (χ0n) is 9.97. The van der Waals surface area contributed by atoms with Crippen molar-refractivity contribution >= 4 is 15.9 Å². The van der Waals surface area contributed by atoms with Crippen LogP contribution in [-0.4, -0.2) is 23.9 Å². The summed E-state index contributed by atoms with van der Waals surface area (Å²) in [4.78, 5) is 4.26. The van der Waals surface area contributed by atoms with Crippen molar-refractivity contribution < 1.29 is 9.26 Å². The molecule has 0 amide bonds. The monoisotopic (exact) mass is 311 g/mol. The number of halogens is 1. The van der Waals surface area contributed by atoms with E-state index in [1.807, 2.05) is 24.3 Å². The van der Waals surface area contributed by atoms with Crippen LogP contribution in [0, 0.1) is 0 Å². The van der Waals surface area contributed by atoms with E-state index in [1.165, 1.54) is 0 Å². The first-order valence-electron chi connectivity index (χ1n) is 5.51. The highest BCUT2D eigenvalue weighted by atomic mass is 79.9. The number of ether oxygens (including phenoxy) is 1. The zero-order chi connectivity index (χ0) is 13.0. The van der Waals surface area contributed by atoms with Gasteiger partial charge in [-0.1, -0.05) is 39.3 Å². The Balaban J connectivity index is 2.09. The predicted molar refractivity (Wildman–Crippen MR) is 70.1 cm³/mol. The van der Waals surface area contributed by atoms with Crippen LogP contribution in [0.3, 0.4) is 0 Å². The van der Waals surface area contributed by atoms with E-state index in [0.717, 1.165) is 10.0 Å². The number of nitrogens with two attached hydrogens (primary N) is 1. The summed E-state index contributed by atoms with van der Waals surface area (Å²) in [6.07, 6.45) is 0.602. The molecule has 0 bridgehead atoms. The third-order valence-corrected chi connectivity index (χ3v) is 3.23. The summed E-state index contributed by atoms with van der Waals surface area (Å²) in [5.41, 5.74) is 6.91. The fourth-order valence-corrected chi connectivity index (χ4v) is 1.98. The maximum Gasteiger partial charge on any atom is 0.245 e. The minimum Gasteiger partial charge on any atom is -0.383 e. The molecule has 18 heavy (non-hydrogen) atoms. The van der Waals surface area contributed by atoms with Crippen molar-refractivity contribution in [3.05, 3.63) is 46.0 Å². The smallest absolute Gasteiger partial charge is 0.245 e. The van der Waals surface area contributed by atoms with Crippen molar-refractivity contribution in [3.63, 3.8) is 0 Å². The van der Waals surface area contributed by atoms with Gasteiger partial charge in [0.05, 0.1) is 6.61 Å². The minimum absolute atomic E-state index is 0.358. The molecule has 0 radical (unpaired) electrons. The first-order valence-corrected chi connectivity index (χ1v) is 6.30. The molecule has 0 aliphatic carbocycles. The molecule has 6 heteroatoms. The van der Waals surface area contributed by atoms with Crippen molar-refractivity contribution in [1.29, 1.82) is 0 Å². The molecular weight excluding hydrogens is 298 g/mol. The van der Waals surface area contributed by atoms with Gasteiger partial charge < -0.3 is 15.0 Å². The standard InChI is InChI=1S/C12H14BrN3O2/c1-17-7-10(14)12-15-11(16-18-12)6-8-4-2-3-5-9(8)13/h2-5,10H,6-7,14H2,1H3. The normalized spacial score (nSPS) is 12.6. The van der Waals surface area contributed by atoms with Crippen LogP contribution in [0.2, 0.25) is 0 Å². The van der Waals surface area contributed by atoms with Crippen LogP contribution in [0.4, 0.5) is 0 Å². The highest BCUT2D eigenvalue weighted by molar-refractivity contribution is 9.10. The maximum absolute atomic E-state index is 5.81. The zero-order valence-corrected chi connectivity index (χ0v) is 11.6. The van der Waals surface area contributed by atoms with E-state index in [4.69, 9.17) is 15.0 Å². The molecule has 2 rings (SSSR count). The van der Waals surface area contributed by atoms with Gasteiger partial charge in [-0.05, 0) is 11.6 Å². The molecule has 0 fully saturated rings. The first-order chi connectivity index (χ1) is 8.70. The fraction of sp³-hybridized carbons (Fsp3) is 0.333. The summed E-state index contributed by atoms with van der Waals surface area (Å²) in [5.74, 6) is 1.02. The second-order valence-corrected chi connectivity index (χ2v) is 4.73. The number of rotatable bonds is 5. The molecule has 0 aliphatic rings. The predicted octanol–water partition coefficient (Wildman–Crippen LogP) is 2.07. The van der Waals surface area contributed by atoms with Crippen molar-refractivity contribution in [2.45, 2.75) is 12.5 Å². The Bertz CT molecular complexity index is 516. The topological polar surface area (TPSA) is 74.2 Å². The molecular formula is C12H14BrN3O2. The molecule has 2 N–H and O–H groups in total. The number of benzene rings is 1. The average Bonchev–Trinajstić information content (AvgIpc) is 2.81. The van der Waals surface area contributed by atoms with E-state index in [-0.39, 0.29) is 6.04 Å². The SMILES string of the molecule is COCC(N)c1nc(Cc2ccccc2Br)no1. The van der Waals surface area contributed by atoms with Gasteiger partial charge in [-0.15, -0.1) is 0 Å². The summed E-state index contributed by atoms with van der Waals surface area (Å²) >= 11 is 3.48. The highest BCUT2D eigenvalue weighted by Gasteiger charge is 2.15. The third kappa shape index (κ3) is 3.16. The lowest BCUT2D eigenvalue weighted by Crippen LogP contribution is -2.16. The van der Waals surface area contributed by atoms with E-state index in [2.05, 4.69) is 26.1 Å². The lowest BCUT2D eigenvalue weighted by atomic mass is 10.1. The third-order valence-electron chi connectivity index (χ3n) is 2.45. The average molecular weight is 312 g/mol. The number of nitrogens with zero attached hydrogens (tertiary/aromatic N) is 2. The molecule has 0 saturated heterocycles. The summed E-state index contributed by atoms with van der Waals surface area (Å²) in [7, 11) is 1.58. The number of aromatic nitrogens is 2. The van der Waals surface area contributed by atoms with E-state index >= 15 is 0 Å². The molecule has 96 valence electrons. The van der Waals surface area contributed by atoms with Gasteiger partial charge in [-0.3, -0.25) is 0 Å². The van der Waals surface area contributed by atoms with Crippen molar-refractivity contribution in [2.24, 2.45) is 5.73 Å². The maximum atomic E-state index is 5.81. The molecule has 2 aromatic rings. The van der Waals surface area contributed by atoms with Gasteiger partial charge in [0.25, 0.3) is 0 Å². The van der Waals surface area contributed by atoms with Crippen LogP contribution in [0.1, 0.15) is 23.3 Å². The van der Waals surface area contributed by atoms with Crippen molar-refractivity contribution in [1.82, 2.24) is 10.1 Å². The number of hydrogen-bond acceptors (Lipinski definition) is 5. The van der Waals surface area contributed by atoms with Gasteiger partial charge in [-0.25, -0.2) is 0 Å². The molecule has 1 heterocycles. The second kappa shape index (κ2) is 6.08. The first kappa shape index (κ1) is 13.2. The van der Waals surface area contributed by atoms with Crippen LogP contribution < -0.4 is 5.73 Å². The molecule has 5 nitrogen and oxygen atoms in total. The highest BCUT2D eigenvalue weighted by Crippen LogP contribution is 2.19. The molecule has 1 aromatic heterocycles. The van der Waals surface area contributed by atoms with Gasteiger partial charge in [0, 0.05) is 18.0 Å². The van der Waals surface area contributed by atoms with Crippen LogP contribution in [0.5, 0.6) is 0 Å². The Morgan fingerprint density at radius 3 is 2.94 bits per heavy atom. The summed E-state index contributed by atoms with van der Waals surface area (Å²) < 4.78 is 11.1. The Hall–Kier alpha value is -1.24. The van der Waals surface area contributed by atoms with Gasteiger partial charge in [0.15, 0.2) is 5.82 Å². The summed E-state index contributed by atoms with van der Waals surface area (Å²) in [6, 6.07) is 7.54. The van der Waals surface area contributed by atoms with Gasteiger partial charge >= 0.3 is 0 Å². The molecule has 0 spiro atoms. The lowest BCUT2D eigenvalue weighted by molar-refractivity contribution is 0.166. The van der Waals surface area contributed by atoms with E-state index < -0.39 is 0 Å². The van der Waals surface area contributed by atoms with E-state index in [0.29, 0.717) is 24.7 Å². The Labute approximate surface area is 113 Å². The van der Waals surface area contributed by atoms with Gasteiger partial charge in [0.2, 0.25) is 5.89 Å². The van der Waals surface area contributed by atoms with E-state index in [9.17, 15) is 0 Å². The second-order valence-electron chi connectivity index (χ2n) is 3.88. The Kier molecular flexibility index (Phi) is 4.46. The Morgan fingerprint density at radius 2 is 2.22 bits per heavy atom. The van der Waals surface area contributed by atoms with Gasteiger partial charge in [0.1, 0.15) is 6.04 Å². The minimum atomic E-state index is -0.379. The van der Waals surface area contributed by atoms with E-state index in [1.54, 1.807) is 7.11 Å². The number of hydrogen-bond donors (Lipinski definition) is 1. The molecule has 1 aromatic carbocycles. The van der Waals surface area contributed by atoms with Crippen LogP contribution in [-0.2, 0) is 11.2 Å². The lowest BCUT2D eigenvalue weighted by Gasteiger charge is -2.03. The molecule has 0 aliphatic heterocycles. The molecule has 1 atom stereocenters. The summed E-state index contributed by atoms with van der Waals surface area (Å²) in [6.45, 7) is 0.358. The summed E-state index contributed by atoms with van der Waals surface area (Å²) in [5, 5.41) is 3.91. The molecule has 0 saturated carbocycles. The Morgan fingerprint density at radius 1 is 1.44 bits per heavy atom. The van der Waals surface area contributed by atoms with Crippen LogP contribution in [0.25, 0.3) is 0 Å². The van der Waals surface area contributed by atoms with Gasteiger partial charge in [-0.2, -0.15) is 4.98 Å². The largest absolute Gasteiger partial charge is 0.383 e. The van der Waals surface area contributed by atoms with Crippen molar-refractivity contribution in [3.8, 4) is 0 Å². The van der Waals surface area contributed by atoms with Crippen molar-refractivity contribution in [2.75, 3.05) is 13.7 Å². The molecule has 1 unspecified atom stereocenters. The van der Waals surface area contributed by atoms with Crippen LogP contribution in [0.15, 0.2) is 33.3 Å². The fourth-order valence-electron chi connectivity index (χ4n) is 1.55. The van der Waals surface area contributed by atoms with Crippen LogP contribution >= 0.6 is 15.9 Å². The quantitative estimate of drug-likeness (QED) is 0.915.